The highest BCUT2D eigenvalue weighted by atomic mass is 35.5. The second kappa shape index (κ2) is 5.00. The van der Waals surface area contributed by atoms with Crippen LogP contribution in [0.4, 0.5) is 0 Å². The smallest absolute Gasteiger partial charge is 0.255 e. The summed E-state index contributed by atoms with van der Waals surface area (Å²) in [4.78, 5) is 10.5. The van der Waals surface area contributed by atoms with Gasteiger partial charge in [-0.25, -0.2) is 0 Å². The van der Waals surface area contributed by atoms with E-state index in [0.29, 0.717) is 10.8 Å². The molecule has 0 aliphatic carbocycles. The molecule has 0 saturated carbocycles. The van der Waals surface area contributed by atoms with E-state index in [0.717, 1.165) is 5.56 Å². The Labute approximate surface area is 93.1 Å². The summed E-state index contributed by atoms with van der Waals surface area (Å²) in [5.74, 6) is -0.109. The largest absolute Gasteiger partial charge is 0.482 e. The molecular weight excluding hydrogens is 216 g/mol. The van der Waals surface area contributed by atoms with Crippen molar-refractivity contribution in [2.45, 2.75) is 13.0 Å². The van der Waals surface area contributed by atoms with Gasteiger partial charge in [0.15, 0.2) is 6.61 Å². The molecule has 0 bridgehead atoms. The molecule has 1 amide bonds. The van der Waals surface area contributed by atoms with Gasteiger partial charge in [-0.05, 0) is 24.6 Å². The monoisotopic (exact) mass is 228 g/mol. The topological polar surface area (TPSA) is 78.3 Å². The standard InChI is InChI=1S/C10H13ClN2O2/c1-6(12)7-2-3-9(8(11)4-7)15-5-10(13)14/h2-4,6H,5,12H2,1H3,(H2,13,14). The minimum Gasteiger partial charge on any atom is -0.482 e. The maximum atomic E-state index is 10.5. The first kappa shape index (κ1) is 11.8. The quantitative estimate of drug-likeness (QED) is 0.814. The highest BCUT2D eigenvalue weighted by molar-refractivity contribution is 6.32. The van der Waals surface area contributed by atoms with Gasteiger partial charge >= 0.3 is 0 Å². The zero-order chi connectivity index (χ0) is 11.4. The lowest BCUT2D eigenvalue weighted by molar-refractivity contribution is -0.119. The molecule has 15 heavy (non-hydrogen) atoms. The van der Waals surface area contributed by atoms with Crippen LogP contribution in [-0.2, 0) is 4.79 Å². The molecule has 0 heterocycles. The van der Waals surface area contributed by atoms with Crippen molar-refractivity contribution in [2.24, 2.45) is 11.5 Å². The fraction of sp³-hybridized carbons (Fsp3) is 0.300. The van der Waals surface area contributed by atoms with Crippen molar-refractivity contribution in [3.8, 4) is 5.75 Å². The molecule has 0 aliphatic rings. The predicted octanol–water partition coefficient (Wildman–Crippen LogP) is 1.22. The minimum atomic E-state index is -0.540. The van der Waals surface area contributed by atoms with E-state index in [9.17, 15) is 4.79 Å². The second-order valence-electron chi connectivity index (χ2n) is 3.23. The average molecular weight is 229 g/mol. The summed E-state index contributed by atoms with van der Waals surface area (Å²) in [5.41, 5.74) is 11.5. The van der Waals surface area contributed by atoms with Crippen molar-refractivity contribution in [1.82, 2.24) is 0 Å². The van der Waals surface area contributed by atoms with E-state index in [4.69, 9.17) is 27.8 Å². The second-order valence-corrected chi connectivity index (χ2v) is 3.64. The molecule has 82 valence electrons. The number of primary amides is 1. The van der Waals surface area contributed by atoms with Crippen molar-refractivity contribution in [1.29, 1.82) is 0 Å². The Morgan fingerprint density at radius 3 is 2.73 bits per heavy atom. The van der Waals surface area contributed by atoms with Crippen LogP contribution in [0.1, 0.15) is 18.5 Å². The molecule has 0 aromatic heterocycles. The highest BCUT2D eigenvalue weighted by Gasteiger charge is 2.06. The van der Waals surface area contributed by atoms with Crippen molar-refractivity contribution >= 4 is 17.5 Å². The first-order chi connectivity index (χ1) is 7.00. The predicted molar refractivity (Wildman–Crippen MR) is 58.7 cm³/mol. The molecule has 1 aromatic rings. The molecule has 4 N–H and O–H groups in total. The summed E-state index contributed by atoms with van der Waals surface area (Å²) < 4.78 is 5.09. The number of benzene rings is 1. The molecule has 0 radical (unpaired) electrons. The van der Waals surface area contributed by atoms with Crippen LogP contribution in [0.3, 0.4) is 0 Å². The number of amides is 1. The zero-order valence-corrected chi connectivity index (χ0v) is 9.12. The van der Waals surface area contributed by atoms with Crippen molar-refractivity contribution in [2.75, 3.05) is 6.61 Å². The van der Waals surface area contributed by atoms with Crippen LogP contribution in [0.25, 0.3) is 0 Å². The van der Waals surface area contributed by atoms with Crippen LogP contribution >= 0.6 is 11.6 Å². The third-order valence-electron chi connectivity index (χ3n) is 1.85. The summed E-state index contributed by atoms with van der Waals surface area (Å²) >= 11 is 5.92. The number of hydrogen-bond acceptors (Lipinski definition) is 3. The molecular formula is C10H13ClN2O2. The van der Waals surface area contributed by atoms with Gasteiger partial charge in [0.2, 0.25) is 0 Å². The number of nitrogens with two attached hydrogens (primary N) is 2. The summed E-state index contributed by atoms with van der Waals surface area (Å²) in [6.07, 6.45) is 0. The molecule has 1 atom stereocenters. The van der Waals surface area contributed by atoms with E-state index in [1.54, 1.807) is 18.2 Å². The van der Waals surface area contributed by atoms with Gasteiger partial charge in [-0.1, -0.05) is 17.7 Å². The van der Waals surface area contributed by atoms with E-state index in [1.165, 1.54) is 0 Å². The van der Waals surface area contributed by atoms with Gasteiger partial charge in [-0.2, -0.15) is 0 Å². The first-order valence-corrected chi connectivity index (χ1v) is 4.84. The number of carbonyl (C=O) groups is 1. The van der Waals surface area contributed by atoms with Gasteiger partial charge in [-0.3, -0.25) is 4.79 Å². The van der Waals surface area contributed by atoms with Crippen LogP contribution in [0.5, 0.6) is 5.75 Å². The van der Waals surface area contributed by atoms with E-state index < -0.39 is 5.91 Å². The molecule has 0 aliphatic heterocycles. The van der Waals surface area contributed by atoms with E-state index in [2.05, 4.69) is 0 Å². The Balaban J connectivity index is 2.79. The fourth-order valence-corrected chi connectivity index (χ4v) is 1.31. The fourth-order valence-electron chi connectivity index (χ4n) is 1.07. The maximum absolute atomic E-state index is 10.5. The molecule has 1 aromatic carbocycles. The third-order valence-corrected chi connectivity index (χ3v) is 2.15. The number of rotatable bonds is 4. The third kappa shape index (κ3) is 3.42. The lowest BCUT2D eigenvalue weighted by atomic mass is 10.1. The zero-order valence-electron chi connectivity index (χ0n) is 8.37. The van der Waals surface area contributed by atoms with Gasteiger partial charge in [0.1, 0.15) is 5.75 Å². The average Bonchev–Trinajstić information content (AvgIpc) is 2.15. The van der Waals surface area contributed by atoms with Gasteiger partial charge in [0, 0.05) is 6.04 Å². The number of carbonyl (C=O) groups excluding carboxylic acids is 1. The van der Waals surface area contributed by atoms with Crippen molar-refractivity contribution in [3.63, 3.8) is 0 Å². The van der Waals surface area contributed by atoms with Gasteiger partial charge < -0.3 is 16.2 Å². The minimum absolute atomic E-state index is 0.0901. The Morgan fingerprint density at radius 1 is 1.60 bits per heavy atom. The molecule has 0 fully saturated rings. The van der Waals surface area contributed by atoms with Crippen molar-refractivity contribution < 1.29 is 9.53 Å². The number of ether oxygens (including phenoxy) is 1. The van der Waals surface area contributed by atoms with E-state index in [-0.39, 0.29) is 12.6 Å². The van der Waals surface area contributed by atoms with Crippen LogP contribution in [0.15, 0.2) is 18.2 Å². The Morgan fingerprint density at radius 2 is 2.27 bits per heavy atom. The Bertz CT molecular complexity index is 366. The Kier molecular flexibility index (Phi) is 3.94. The highest BCUT2D eigenvalue weighted by Crippen LogP contribution is 2.27. The van der Waals surface area contributed by atoms with Crippen LogP contribution in [0.2, 0.25) is 5.02 Å². The van der Waals surface area contributed by atoms with Gasteiger partial charge in [0.05, 0.1) is 5.02 Å². The van der Waals surface area contributed by atoms with Crippen LogP contribution in [-0.4, -0.2) is 12.5 Å². The molecule has 0 spiro atoms. The lowest BCUT2D eigenvalue weighted by Crippen LogP contribution is -2.20. The summed E-state index contributed by atoms with van der Waals surface area (Å²) in [7, 11) is 0. The van der Waals surface area contributed by atoms with Crippen LogP contribution < -0.4 is 16.2 Å². The van der Waals surface area contributed by atoms with Gasteiger partial charge in [-0.15, -0.1) is 0 Å². The van der Waals surface area contributed by atoms with Crippen molar-refractivity contribution in [3.05, 3.63) is 28.8 Å². The summed E-state index contributed by atoms with van der Waals surface area (Å²) in [6, 6.07) is 5.09. The first-order valence-electron chi connectivity index (χ1n) is 4.47. The van der Waals surface area contributed by atoms with E-state index in [1.807, 2.05) is 6.92 Å². The number of halogens is 1. The maximum Gasteiger partial charge on any atom is 0.255 e. The molecule has 1 unspecified atom stereocenters. The van der Waals surface area contributed by atoms with Gasteiger partial charge in [0.25, 0.3) is 5.91 Å². The lowest BCUT2D eigenvalue weighted by Gasteiger charge is -2.09. The molecule has 4 nitrogen and oxygen atoms in total. The van der Waals surface area contributed by atoms with Crippen LogP contribution in [0, 0.1) is 0 Å². The van der Waals surface area contributed by atoms with E-state index >= 15 is 0 Å². The SMILES string of the molecule is CC(N)c1ccc(OCC(N)=O)c(Cl)c1. The Hall–Kier alpha value is -1.26. The molecule has 1 rings (SSSR count). The number of hydrogen-bond donors (Lipinski definition) is 2. The molecule has 0 saturated heterocycles. The normalized spacial score (nSPS) is 12.2. The molecule has 5 heteroatoms. The summed E-state index contributed by atoms with van der Waals surface area (Å²) in [5, 5.41) is 0.422. The summed E-state index contributed by atoms with van der Waals surface area (Å²) in [6.45, 7) is 1.67.